The van der Waals surface area contributed by atoms with Gasteiger partial charge in [0, 0.05) is 28.6 Å². The SMILES string of the molecule is Cc1ccc([C@@H](C)NCC(=O)Nc2ccc(Cl)c(C)c2)cn1. The largest absolute Gasteiger partial charge is 0.325 e. The molecule has 5 heteroatoms. The molecule has 0 spiro atoms. The number of amides is 1. The molecule has 1 heterocycles. The Hall–Kier alpha value is -1.91. The van der Waals surface area contributed by atoms with E-state index in [1.54, 1.807) is 12.1 Å². The maximum Gasteiger partial charge on any atom is 0.238 e. The van der Waals surface area contributed by atoms with Crippen LogP contribution in [0.4, 0.5) is 5.69 Å². The lowest BCUT2D eigenvalue weighted by Crippen LogP contribution is -2.30. The summed E-state index contributed by atoms with van der Waals surface area (Å²) in [6, 6.07) is 9.46. The highest BCUT2D eigenvalue weighted by Crippen LogP contribution is 2.19. The third kappa shape index (κ3) is 4.55. The van der Waals surface area contributed by atoms with Gasteiger partial charge in [-0.05, 0) is 56.2 Å². The molecule has 2 N–H and O–H groups in total. The zero-order valence-corrected chi connectivity index (χ0v) is 13.7. The summed E-state index contributed by atoms with van der Waals surface area (Å²) < 4.78 is 0. The lowest BCUT2D eigenvalue weighted by atomic mass is 10.1. The summed E-state index contributed by atoms with van der Waals surface area (Å²) in [6.07, 6.45) is 1.83. The van der Waals surface area contributed by atoms with Gasteiger partial charge in [0.1, 0.15) is 0 Å². The molecule has 0 bridgehead atoms. The van der Waals surface area contributed by atoms with Crippen molar-refractivity contribution >= 4 is 23.2 Å². The molecule has 0 fully saturated rings. The van der Waals surface area contributed by atoms with E-state index in [-0.39, 0.29) is 18.5 Å². The van der Waals surface area contributed by atoms with Crippen molar-refractivity contribution in [1.29, 1.82) is 0 Å². The van der Waals surface area contributed by atoms with Crippen LogP contribution in [-0.4, -0.2) is 17.4 Å². The van der Waals surface area contributed by atoms with E-state index in [4.69, 9.17) is 11.6 Å². The fraction of sp³-hybridized carbons (Fsp3) is 0.294. The number of anilines is 1. The number of carbonyl (C=O) groups is 1. The number of rotatable bonds is 5. The molecule has 0 radical (unpaired) electrons. The predicted octanol–water partition coefficient (Wildman–Crippen LogP) is 3.64. The second kappa shape index (κ2) is 7.38. The number of halogens is 1. The fourth-order valence-corrected chi connectivity index (χ4v) is 2.14. The Kier molecular flexibility index (Phi) is 5.52. The first-order valence-electron chi connectivity index (χ1n) is 7.17. The van der Waals surface area contributed by atoms with Gasteiger partial charge < -0.3 is 10.6 Å². The topological polar surface area (TPSA) is 54.0 Å². The first-order chi connectivity index (χ1) is 10.5. The molecule has 2 aromatic rings. The number of aryl methyl sites for hydroxylation is 2. The number of aromatic nitrogens is 1. The monoisotopic (exact) mass is 317 g/mol. The minimum Gasteiger partial charge on any atom is -0.325 e. The van der Waals surface area contributed by atoms with Gasteiger partial charge >= 0.3 is 0 Å². The Morgan fingerprint density at radius 3 is 2.68 bits per heavy atom. The van der Waals surface area contributed by atoms with E-state index in [1.807, 2.05) is 45.2 Å². The van der Waals surface area contributed by atoms with Crippen molar-refractivity contribution in [2.24, 2.45) is 0 Å². The number of benzene rings is 1. The van der Waals surface area contributed by atoms with Crippen molar-refractivity contribution in [2.45, 2.75) is 26.8 Å². The summed E-state index contributed by atoms with van der Waals surface area (Å²) in [5.41, 5.74) is 3.72. The van der Waals surface area contributed by atoms with Gasteiger partial charge in [0.05, 0.1) is 6.54 Å². The molecule has 22 heavy (non-hydrogen) atoms. The molecule has 0 unspecified atom stereocenters. The normalized spacial score (nSPS) is 12.0. The maximum absolute atomic E-state index is 12.0. The Bertz CT molecular complexity index is 655. The maximum atomic E-state index is 12.0. The van der Waals surface area contributed by atoms with E-state index in [1.165, 1.54) is 0 Å². The quantitative estimate of drug-likeness (QED) is 0.885. The molecular formula is C17H20ClN3O. The van der Waals surface area contributed by atoms with Gasteiger partial charge in [-0.15, -0.1) is 0 Å². The fourth-order valence-electron chi connectivity index (χ4n) is 2.03. The third-order valence-electron chi connectivity index (χ3n) is 3.44. The number of nitrogens with one attached hydrogen (secondary N) is 2. The van der Waals surface area contributed by atoms with Crippen LogP contribution in [0.3, 0.4) is 0 Å². The van der Waals surface area contributed by atoms with Crippen LogP contribution < -0.4 is 10.6 Å². The van der Waals surface area contributed by atoms with Crippen molar-refractivity contribution in [2.75, 3.05) is 11.9 Å². The molecule has 1 aromatic carbocycles. The Morgan fingerprint density at radius 1 is 1.27 bits per heavy atom. The van der Waals surface area contributed by atoms with Crippen LogP contribution in [0.5, 0.6) is 0 Å². The van der Waals surface area contributed by atoms with Crippen molar-refractivity contribution in [3.8, 4) is 0 Å². The lowest BCUT2D eigenvalue weighted by molar-refractivity contribution is -0.115. The second-order valence-corrected chi connectivity index (χ2v) is 5.75. The standard InChI is InChI=1S/C17H20ClN3O/c1-11-8-15(6-7-16(11)18)21-17(22)10-20-13(3)14-5-4-12(2)19-9-14/h4-9,13,20H,10H2,1-3H3,(H,21,22)/t13-/m1/s1. The minimum absolute atomic E-state index is 0.0609. The average Bonchev–Trinajstić information content (AvgIpc) is 2.49. The third-order valence-corrected chi connectivity index (χ3v) is 3.87. The number of carbonyl (C=O) groups excluding carboxylic acids is 1. The lowest BCUT2D eigenvalue weighted by Gasteiger charge is -2.14. The summed E-state index contributed by atoms with van der Waals surface area (Å²) in [5, 5.41) is 6.73. The molecule has 116 valence electrons. The Balaban J connectivity index is 1.86. The molecule has 4 nitrogen and oxygen atoms in total. The minimum atomic E-state index is -0.0892. The van der Waals surface area contributed by atoms with Crippen LogP contribution in [0.15, 0.2) is 36.5 Å². The number of pyridine rings is 1. The molecule has 1 amide bonds. The Labute approximate surface area is 135 Å². The average molecular weight is 318 g/mol. The van der Waals surface area contributed by atoms with E-state index in [9.17, 15) is 4.79 Å². The van der Waals surface area contributed by atoms with Gasteiger partial charge in [0.2, 0.25) is 5.91 Å². The first-order valence-corrected chi connectivity index (χ1v) is 7.55. The van der Waals surface area contributed by atoms with E-state index >= 15 is 0 Å². The summed E-state index contributed by atoms with van der Waals surface area (Å²) in [4.78, 5) is 16.2. The summed E-state index contributed by atoms with van der Waals surface area (Å²) in [7, 11) is 0. The molecule has 0 saturated carbocycles. The number of hydrogen-bond donors (Lipinski definition) is 2. The highest BCUT2D eigenvalue weighted by molar-refractivity contribution is 6.31. The summed E-state index contributed by atoms with van der Waals surface area (Å²) in [5.74, 6) is -0.0892. The number of hydrogen-bond acceptors (Lipinski definition) is 3. The zero-order chi connectivity index (χ0) is 16.1. The van der Waals surface area contributed by atoms with Crippen LogP contribution in [-0.2, 0) is 4.79 Å². The van der Waals surface area contributed by atoms with Crippen LogP contribution in [0, 0.1) is 13.8 Å². The molecule has 0 saturated heterocycles. The van der Waals surface area contributed by atoms with Crippen LogP contribution in [0.25, 0.3) is 0 Å². The molecular weight excluding hydrogens is 298 g/mol. The highest BCUT2D eigenvalue weighted by Gasteiger charge is 2.08. The van der Waals surface area contributed by atoms with Crippen molar-refractivity contribution < 1.29 is 4.79 Å². The van der Waals surface area contributed by atoms with E-state index in [2.05, 4.69) is 15.6 Å². The van der Waals surface area contributed by atoms with Crippen molar-refractivity contribution in [3.05, 3.63) is 58.4 Å². The van der Waals surface area contributed by atoms with Crippen LogP contribution >= 0.6 is 11.6 Å². The second-order valence-electron chi connectivity index (χ2n) is 5.35. The smallest absolute Gasteiger partial charge is 0.238 e. The molecule has 1 atom stereocenters. The van der Waals surface area contributed by atoms with E-state index < -0.39 is 0 Å². The number of nitrogens with zero attached hydrogens (tertiary/aromatic N) is 1. The van der Waals surface area contributed by atoms with Crippen LogP contribution in [0.2, 0.25) is 5.02 Å². The molecule has 1 aromatic heterocycles. The first kappa shape index (κ1) is 16.5. The Morgan fingerprint density at radius 2 is 2.05 bits per heavy atom. The molecule has 2 rings (SSSR count). The van der Waals surface area contributed by atoms with Crippen molar-refractivity contribution in [3.63, 3.8) is 0 Å². The van der Waals surface area contributed by atoms with Crippen molar-refractivity contribution in [1.82, 2.24) is 10.3 Å². The molecule has 0 aliphatic heterocycles. The molecule has 0 aliphatic carbocycles. The summed E-state index contributed by atoms with van der Waals surface area (Å²) in [6.45, 7) is 6.09. The zero-order valence-electron chi connectivity index (χ0n) is 13.0. The van der Waals surface area contributed by atoms with E-state index in [0.29, 0.717) is 5.02 Å². The highest BCUT2D eigenvalue weighted by atomic mass is 35.5. The van der Waals surface area contributed by atoms with E-state index in [0.717, 1.165) is 22.5 Å². The van der Waals surface area contributed by atoms with Gasteiger partial charge in [-0.2, -0.15) is 0 Å². The van der Waals surface area contributed by atoms with Gasteiger partial charge in [-0.25, -0.2) is 0 Å². The van der Waals surface area contributed by atoms with Gasteiger partial charge in [0.25, 0.3) is 0 Å². The predicted molar refractivity (Wildman–Crippen MR) is 90.2 cm³/mol. The van der Waals surface area contributed by atoms with Gasteiger partial charge in [-0.3, -0.25) is 9.78 Å². The van der Waals surface area contributed by atoms with Gasteiger partial charge in [-0.1, -0.05) is 17.7 Å². The van der Waals surface area contributed by atoms with Gasteiger partial charge in [0.15, 0.2) is 0 Å². The van der Waals surface area contributed by atoms with Crippen LogP contribution in [0.1, 0.15) is 29.8 Å². The molecule has 0 aliphatic rings. The summed E-state index contributed by atoms with van der Waals surface area (Å²) >= 11 is 5.97.